The Balaban J connectivity index is 2.92. The van der Waals surface area contributed by atoms with Gasteiger partial charge >= 0.3 is 0 Å². The first kappa shape index (κ1) is 16.0. The molecule has 0 aromatic heterocycles. The van der Waals surface area contributed by atoms with E-state index in [4.69, 9.17) is 10.00 Å². The molecule has 104 valence electrons. The summed E-state index contributed by atoms with van der Waals surface area (Å²) in [5, 5.41) is 9.90. The van der Waals surface area contributed by atoms with E-state index in [-0.39, 0.29) is 5.41 Å². The van der Waals surface area contributed by atoms with E-state index in [2.05, 4.69) is 35.8 Å². The van der Waals surface area contributed by atoms with Gasteiger partial charge in [0, 0.05) is 10.7 Å². The molecule has 0 bridgehead atoms. The van der Waals surface area contributed by atoms with Crippen LogP contribution >= 0.6 is 15.9 Å². The van der Waals surface area contributed by atoms with Gasteiger partial charge in [0.2, 0.25) is 0 Å². The monoisotopic (exact) mass is 323 g/mol. The third kappa shape index (κ3) is 3.73. The summed E-state index contributed by atoms with van der Waals surface area (Å²) in [6, 6.07) is 5.95. The zero-order valence-corrected chi connectivity index (χ0v) is 13.8. The largest absolute Gasteiger partial charge is 0.492 e. The Morgan fingerprint density at radius 2 is 1.74 bits per heavy atom. The van der Waals surface area contributed by atoms with Crippen molar-refractivity contribution in [3.05, 3.63) is 28.8 Å². The van der Waals surface area contributed by atoms with Gasteiger partial charge in [-0.25, -0.2) is 0 Å². The van der Waals surface area contributed by atoms with Gasteiger partial charge in [-0.2, -0.15) is 5.26 Å². The number of nitriles is 1. The molecular formula is C16H22BrNO. The Labute approximate surface area is 124 Å². The zero-order valence-electron chi connectivity index (χ0n) is 12.2. The summed E-state index contributed by atoms with van der Waals surface area (Å²) in [5.41, 5.74) is 2.95. The van der Waals surface area contributed by atoms with Crippen molar-refractivity contribution in [1.82, 2.24) is 0 Å². The van der Waals surface area contributed by atoms with Crippen LogP contribution < -0.4 is 4.74 Å². The third-order valence-electron chi connectivity index (χ3n) is 3.90. The summed E-state index contributed by atoms with van der Waals surface area (Å²) < 4.78 is 6.07. The normalized spacial score (nSPS) is 11.2. The highest BCUT2D eigenvalue weighted by molar-refractivity contribution is 9.09. The molecule has 1 aromatic carbocycles. The molecule has 1 rings (SSSR count). The predicted molar refractivity (Wildman–Crippen MR) is 82.9 cm³/mol. The highest BCUT2D eigenvalue weighted by Crippen LogP contribution is 2.32. The minimum atomic E-state index is 0.187. The highest BCUT2D eigenvalue weighted by Gasteiger charge is 2.26. The molecule has 0 saturated carbocycles. The molecule has 3 heteroatoms. The zero-order chi connectivity index (χ0) is 14.5. The van der Waals surface area contributed by atoms with Gasteiger partial charge in [0.25, 0.3) is 0 Å². The summed E-state index contributed by atoms with van der Waals surface area (Å²) in [4.78, 5) is 0. The maximum absolute atomic E-state index is 8.95. The smallest absolute Gasteiger partial charge is 0.125 e. The number of benzene rings is 1. The molecule has 19 heavy (non-hydrogen) atoms. The van der Waals surface area contributed by atoms with Gasteiger partial charge in [0.1, 0.15) is 5.75 Å². The van der Waals surface area contributed by atoms with Crippen molar-refractivity contribution in [2.45, 2.75) is 40.5 Å². The minimum Gasteiger partial charge on any atom is -0.492 e. The fourth-order valence-electron chi connectivity index (χ4n) is 2.15. The van der Waals surface area contributed by atoms with Crippen LogP contribution in [0.4, 0.5) is 0 Å². The molecule has 1 aromatic rings. The number of nitrogens with zero attached hydrogens (tertiary/aromatic N) is 1. The van der Waals surface area contributed by atoms with Gasteiger partial charge in [-0.1, -0.05) is 29.8 Å². The van der Waals surface area contributed by atoms with Crippen molar-refractivity contribution in [3.63, 3.8) is 0 Å². The van der Waals surface area contributed by atoms with Gasteiger partial charge in [-0.15, -0.1) is 0 Å². The first-order valence-corrected chi connectivity index (χ1v) is 7.84. The van der Waals surface area contributed by atoms with Crippen LogP contribution in [-0.2, 0) is 0 Å². The number of hydrogen-bond acceptors (Lipinski definition) is 2. The van der Waals surface area contributed by atoms with Crippen LogP contribution in [0.1, 0.15) is 43.4 Å². The maximum atomic E-state index is 8.95. The lowest BCUT2D eigenvalue weighted by Crippen LogP contribution is -2.29. The second-order valence-electron chi connectivity index (χ2n) is 5.18. The van der Waals surface area contributed by atoms with E-state index < -0.39 is 0 Å². The summed E-state index contributed by atoms with van der Waals surface area (Å²) in [6.45, 7) is 9.10. The van der Waals surface area contributed by atoms with E-state index >= 15 is 0 Å². The standard InChI is InChI=1S/C16H22BrNO/c1-5-16(6-2,10-17)11-19-15-12(3)7-14(9-18)8-13(15)4/h7-8H,5-6,10-11H2,1-4H3. The van der Waals surface area contributed by atoms with E-state index in [0.717, 1.165) is 35.0 Å². The second kappa shape index (κ2) is 6.96. The van der Waals surface area contributed by atoms with Crippen LogP contribution in [0.2, 0.25) is 0 Å². The topological polar surface area (TPSA) is 33.0 Å². The maximum Gasteiger partial charge on any atom is 0.125 e. The quantitative estimate of drug-likeness (QED) is 0.707. The van der Waals surface area contributed by atoms with Crippen LogP contribution in [0.3, 0.4) is 0 Å². The van der Waals surface area contributed by atoms with Gasteiger partial charge in [-0.3, -0.25) is 0 Å². The predicted octanol–water partition coefficient (Wildman–Crippen LogP) is 4.76. The van der Waals surface area contributed by atoms with Crippen LogP contribution in [0.5, 0.6) is 5.75 Å². The molecule has 0 aliphatic rings. The second-order valence-corrected chi connectivity index (χ2v) is 5.74. The fourth-order valence-corrected chi connectivity index (χ4v) is 3.10. The molecule has 0 fully saturated rings. The molecule has 0 atom stereocenters. The molecule has 0 amide bonds. The molecule has 0 saturated heterocycles. The summed E-state index contributed by atoms with van der Waals surface area (Å²) in [7, 11) is 0. The Hall–Kier alpha value is -1.01. The molecule has 0 spiro atoms. The fraction of sp³-hybridized carbons (Fsp3) is 0.562. The molecule has 2 nitrogen and oxygen atoms in total. The SMILES string of the molecule is CCC(CC)(CBr)COc1c(C)cc(C#N)cc1C. The lowest BCUT2D eigenvalue weighted by atomic mass is 9.86. The summed E-state index contributed by atoms with van der Waals surface area (Å²) in [6.07, 6.45) is 2.17. The van der Waals surface area contributed by atoms with Crippen molar-refractivity contribution in [1.29, 1.82) is 5.26 Å². The molecule has 0 aliphatic heterocycles. The van der Waals surface area contributed by atoms with Crippen molar-refractivity contribution in [2.24, 2.45) is 5.41 Å². The van der Waals surface area contributed by atoms with Crippen LogP contribution in [0, 0.1) is 30.6 Å². The number of aryl methyl sites for hydroxylation is 2. The van der Waals surface area contributed by atoms with Crippen molar-refractivity contribution < 1.29 is 4.74 Å². The number of hydrogen-bond donors (Lipinski definition) is 0. The lowest BCUT2D eigenvalue weighted by Gasteiger charge is -2.30. The van der Waals surface area contributed by atoms with E-state index in [9.17, 15) is 0 Å². The Kier molecular flexibility index (Phi) is 5.87. The van der Waals surface area contributed by atoms with E-state index in [1.165, 1.54) is 0 Å². The minimum absolute atomic E-state index is 0.187. The van der Waals surface area contributed by atoms with Gasteiger partial charge in [0.15, 0.2) is 0 Å². The number of rotatable bonds is 6. The van der Waals surface area contributed by atoms with E-state index in [1.807, 2.05) is 26.0 Å². The average Bonchev–Trinajstić information content (AvgIpc) is 2.42. The Morgan fingerprint density at radius 1 is 1.21 bits per heavy atom. The average molecular weight is 324 g/mol. The first-order chi connectivity index (χ1) is 9.01. The van der Waals surface area contributed by atoms with Crippen LogP contribution in [0.15, 0.2) is 12.1 Å². The summed E-state index contributed by atoms with van der Waals surface area (Å²) in [5.74, 6) is 0.922. The Bertz CT molecular complexity index is 441. The Morgan fingerprint density at radius 3 is 2.11 bits per heavy atom. The molecule has 0 heterocycles. The lowest BCUT2D eigenvalue weighted by molar-refractivity contribution is 0.156. The molecule has 0 N–H and O–H groups in total. The molecule has 0 aliphatic carbocycles. The van der Waals surface area contributed by atoms with Gasteiger partial charge in [0.05, 0.1) is 18.2 Å². The molecular weight excluding hydrogens is 302 g/mol. The van der Waals surface area contributed by atoms with Gasteiger partial charge < -0.3 is 4.74 Å². The highest BCUT2D eigenvalue weighted by atomic mass is 79.9. The van der Waals surface area contributed by atoms with Crippen LogP contribution in [-0.4, -0.2) is 11.9 Å². The first-order valence-electron chi connectivity index (χ1n) is 6.72. The molecule has 0 radical (unpaired) electrons. The van der Waals surface area contributed by atoms with Crippen LogP contribution in [0.25, 0.3) is 0 Å². The van der Waals surface area contributed by atoms with Crippen molar-refractivity contribution in [2.75, 3.05) is 11.9 Å². The number of halogens is 1. The molecule has 0 unspecified atom stereocenters. The van der Waals surface area contributed by atoms with E-state index in [1.54, 1.807) is 0 Å². The van der Waals surface area contributed by atoms with Crippen molar-refractivity contribution in [3.8, 4) is 11.8 Å². The van der Waals surface area contributed by atoms with E-state index in [0.29, 0.717) is 12.2 Å². The number of alkyl halides is 1. The third-order valence-corrected chi connectivity index (χ3v) is 5.09. The summed E-state index contributed by atoms with van der Waals surface area (Å²) >= 11 is 3.60. The van der Waals surface area contributed by atoms with Gasteiger partial charge in [-0.05, 0) is 49.9 Å². The number of ether oxygens (including phenoxy) is 1. The van der Waals surface area contributed by atoms with Crippen molar-refractivity contribution >= 4 is 15.9 Å².